The maximum absolute atomic E-state index is 12.8. The molecular formula is C27H31NO2. The number of hydrogen-bond acceptors (Lipinski definition) is 3. The van der Waals surface area contributed by atoms with Gasteiger partial charge in [-0.2, -0.15) is 5.26 Å². The lowest BCUT2D eigenvalue weighted by Gasteiger charge is -2.16. The van der Waals surface area contributed by atoms with Crippen LogP contribution in [-0.2, 0) is 9.53 Å². The first kappa shape index (κ1) is 24.7. The van der Waals surface area contributed by atoms with E-state index in [1.807, 2.05) is 60.7 Å². The van der Waals surface area contributed by atoms with E-state index in [2.05, 4.69) is 32.3 Å². The van der Waals surface area contributed by atoms with Gasteiger partial charge in [0.05, 0.1) is 6.61 Å². The molecule has 0 N–H and O–H groups in total. The summed E-state index contributed by atoms with van der Waals surface area (Å²) in [7, 11) is 0. The highest BCUT2D eigenvalue weighted by atomic mass is 16.5. The molecule has 0 bridgehead atoms. The van der Waals surface area contributed by atoms with Crippen LogP contribution in [0.2, 0.25) is 0 Å². The number of benzene rings is 2. The average molecular weight is 402 g/mol. The van der Waals surface area contributed by atoms with Crippen LogP contribution in [0.5, 0.6) is 0 Å². The number of carbonyl (C=O) groups is 1. The van der Waals surface area contributed by atoms with E-state index in [-0.39, 0.29) is 5.57 Å². The monoisotopic (exact) mass is 401 g/mol. The Kier molecular flexibility index (Phi) is 12.1. The van der Waals surface area contributed by atoms with Gasteiger partial charge in [0.15, 0.2) is 0 Å². The van der Waals surface area contributed by atoms with Crippen LogP contribution in [0.25, 0.3) is 5.57 Å². The molecule has 2 aromatic rings. The summed E-state index contributed by atoms with van der Waals surface area (Å²) in [6.07, 6.45) is 8.84. The van der Waals surface area contributed by atoms with Crippen LogP contribution in [-0.4, -0.2) is 12.6 Å². The van der Waals surface area contributed by atoms with Gasteiger partial charge in [-0.25, -0.2) is 4.79 Å². The van der Waals surface area contributed by atoms with Crippen molar-refractivity contribution in [2.24, 2.45) is 5.92 Å². The van der Waals surface area contributed by atoms with Crippen LogP contribution in [0.3, 0.4) is 0 Å². The zero-order valence-electron chi connectivity index (χ0n) is 18.2. The Morgan fingerprint density at radius 3 is 1.93 bits per heavy atom. The summed E-state index contributed by atoms with van der Waals surface area (Å²) < 4.78 is 5.55. The minimum absolute atomic E-state index is 0.0535. The zero-order valence-corrected chi connectivity index (χ0v) is 18.2. The highest BCUT2D eigenvalue weighted by molar-refractivity contribution is 6.05. The highest BCUT2D eigenvalue weighted by Crippen LogP contribution is 2.27. The molecule has 30 heavy (non-hydrogen) atoms. The third-order valence-electron chi connectivity index (χ3n) is 4.68. The van der Waals surface area contributed by atoms with E-state index in [9.17, 15) is 10.1 Å². The second-order valence-corrected chi connectivity index (χ2v) is 6.90. The van der Waals surface area contributed by atoms with Crippen LogP contribution in [0, 0.1) is 29.6 Å². The van der Waals surface area contributed by atoms with Crippen molar-refractivity contribution in [3.8, 4) is 18.4 Å². The predicted molar refractivity (Wildman–Crippen MR) is 123 cm³/mol. The maximum atomic E-state index is 12.8. The smallest absolute Gasteiger partial charge is 0.349 e. The standard InChI is InChI=1S/C24H27NO2.C3H4/c1-3-5-12-19(4-2)18-27-24(26)22(17-25)23(20-13-8-6-9-14-20)21-15-10-7-11-16-21;1-3-2/h6-11,13-16,19H,3-5,12,18H2,1-2H3;1H,2H3. The molecule has 0 spiro atoms. The molecule has 2 rings (SSSR count). The molecule has 0 radical (unpaired) electrons. The molecule has 156 valence electrons. The Balaban J connectivity index is 0.00000141. The van der Waals surface area contributed by atoms with E-state index in [0.29, 0.717) is 18.1 Å². The van der Waals surface area contributed by atoms with Gasteiger partial charge in [-0.3, -0.25) is 0 Å². The molecule has 0 saturated heterocycles. The van der Waals surface area contributed by atoms with Crippen molar-refractivity contribution in [2.75, 3.05) is 6.61 Å². The number of esters is 1. The van der Waals surface area contributed by atoms with E-state index in [4.69, 9.17) is 4.74 Å². The lowest BCUT2D eigenvalue weighted by atomic mass is 9.93. The van der Waals surface area contributed by atoms with Crippen LogP contribution >= 0.6 is 0 Å². The van der Waals surface area contributed by atoms with Gasteiger partial charge in [0.1, 0.15) is 11.6 Å². The maximum Gasteiger partial charge on any atom is 0.349 e. The topological polar surface area (TPSA) is 50.1 Å². The Labute approximate surface area is 181 Å². The summed E-state index contributed by atoms with van der Waals surface area (Å²) in [5, 5.41) is 9.74. The molecule has 0 aliphatic heterocycles. The summed E-state index contributed by atoms with van der Waals surface area (Å²) in [5.74, 6) is 2.04. The van der Waals surface area contributed by atoms with Crippen LogP contribution in [0.1, 0.15) is 57.6 Å². The fourth-order valence-electron chi connectivity index (χ4n) is 3.03. The minimum Gasteiger partial charge on any atom is -0.461 e. The van der Waals surface area contributed by atoms with E-state index in [1.165, 1.54) is 0 Å². The second kappa shape index (κ2) is 14.7. The average Bonchev–Trinajstić information content (AvgIpc) is 2.79. The first-order valence-corrected chi connectivity index (χ1v) is 10.4. The van der Waals surface area contributed by atoms with E-state index in [0.717, 1.165) is 36.8 Å². The molecule has 1 unspecified atom stereocenters. The van der Waals surface area contributed by atoms with Gasteiger partial charge < -0.3 is 4.74 Å². The van der Waals surface area contributed by atoms with Crippen LogP contribution in [0.4, 0.5) is 0 Å². The number of rotatable bonds is 9. The largest absolute Gasteiger partial charge is 0.461 e. The van der Waals surface area contributed by atoms with Crippen molar-refractivity contribution in [3.63, 3.8) is 0 Å². The Morgan fingerprint density at radius 1 is 1.03 bits per heavy atom. The molecule has 0 aliphatic rings. The van der Waals surface area contributed by atoms with Crippen molar-refractivity contribution >= 4 is 11.5 Å². The highest BCUT2D eigenvalue weighted by Gasteiger charge is 2.21. The molecule has 0 fully saturated rings. The van der Waals surface area contributed by atoms with E-state index < -0.39 is 5.97 Å². The molecule has 3 nitrogen and oxygen atoms in total. The fourth-order valence-corrected chi connectivity index (χ4v) is 3.03. The number of nitrogens with zero attached hydrogens (tertiary/aromatic N) is 1. The Hall–Kier alpha value is -3.30. The van der Waals surface area contributed by atoms with Gasteiger partial charge in [0.25, 0.3) is 0 Å². The third-order valence-corrected chi connectivity index (χ3v) is 4.68. The minimum atomic E-state index is -0.546. The SMILES string of the molecule is C#CC.CCCCC(CC)COC(=O)C(C#N)=C(c1ccccc1)c1ccccc1. The van der Waals surface area contributed by atoms with Gasteiger partial charge in [0, 0.05) is 5.57 Å². The van der Waals surface area contributed by atoms with Crippen molar-refractivity contribution in [1.82, 2.24) is 0 Å². The van der Waals surface area contributed by atoms with Gasteiger partial charge >= 0.3 is 5.97 Å². The van der Waals surface area contributed by atoms with Crippen LogP contribution in [0.15, 0.2) is 66.2 Å². The number of nitriles is 1. The molecular weight excluding hydrogens is 370 g/mol. The fraction of sp³-hybridized carbons (Fsp3) is 0.333. The first-order chi connectivity index (χ1) is 14.6. The zero-order chi connectivity index (χ0) is 22.2. The van der Waals surface area contributed by atoms with Crippen LogP contribution < -0.4 is 0 Å². The second-order valence-electron chi connectivity index (χ2n) is 6.90. The summed E-state index contributed by atoms with van der Waals surface area (Å²) >= 11 is 0. The summed E-state index contributed by atoms with van der Waals surface area (Å²) in [6.45, 7) is 6.27. The number of hydrogen-bond donors (Lipinski definition) is 0. The summed E-state index contributed by atoms with van der Waals surface area (Å²) in [4.78, 5) is 12.8. The lowest BCUT2D eigenvalue weighted by molar-refractivity contribution is -0.139. The van der Waals surface area contributed by atoms with Gasteiger partial charge in [-0.15, -0.1) is 12.3 Å². The Morgan fingerprint density at radius 2 is 1.53 bits per heavy atom. The molecule has 2 aromatic carbocycles. The van der Waals surface area contributed by atoms with E-state index in [1.54, 1.807) is 6.92 Å². The molecule has 0 saturated carbocycles. The summed E-state index contributed by atoms with van der Waals surface area (Å²) in [6, 6.07) is 21.1. The van der Waals surface area contributed by atoms with Crippen molar-refractivity contribution in [3.05, 3.63) is 77.4 Å². The number of ether oxygens (including phenoxy) is 1. The molecule has 3 heteroatoms. The van der Waals surface area contributed by atoms with Gasteiger partial charge in [-0.1, -0.05) is 93.8 Å². The quantitative estimate of drug-likeness (QED) is 0.211. The first-order valence-electron chi connectivity index (χ1n) is 10.4. The molecule has 0 heterocycles. The van der Waals surface area contributed by atoms with Crippen molar-refractivity contribution in [2.45, 2.75) is 46.5 Å². The van der Waals surface area contributed by atoms with Gasteiger partial charge in [-0.05, 0) is 30.4 Å². The normalized spacial score (nSPS) is 10.4. The number of carbonyl (C=O) groups excluding carboxylic acids is 1. The van der Waals surface area contributed by atoms with Gasteiger partial charge in [0.2, 0.25) is 0 Å². The Bertz CT molecular complexity index is 829. The van der Waals surface area contributed by atoms with Crippen molar-refractivity contribution < 1.29 is 9.53 Å². The molecule has 0 aromatic heterocycles. The lowest BCUT2D eigenvalue weighted by Crippen LogP contribution is -2.16. The third kappa shape index (κ3) is 7.98. The number of terminal acetylenes is 1. The molecule has 1 atom stereocenters. The summed E-state index contributed by atoms with van der Waals surface area (Å²) in [5.41, 5.74) is 2.33. The van der Waals surface area contributed by atoms with E-state index >= 15 is 0 Å². The molecule has 0 amide bonds. The van der Waals surface area contributed by atoms with Crippen molar-refractivity contribution in [1.29, 1.82) is 5.26 Å². The molecule has 0 aliphatic carbocycles. The predicted octanol–water partition coefficient (Wildman–Crippen LogP) is 6.41. The number of unbranched alkanes of at least 4 members (excludes halogenated alkanes) is 1.